The molecule has 3 heterocycles. The Hall–Kier alpha value is -4.18. The first-order valence-corrected chi connectivity index (χ1v) is 12.1. The molecule has 0 bridgehead atoms. The molecule has 1 aromatic heterocycles. The van der Waals surface area contributed by atoms with Crippen molar-refractivity contribution in [1.29, 1.82) is 0 Å². The van der Waals surface area contributed by atoms with Crippen LogP contribution in [0.25, 0.3) is 10.9 Å². The molecule has 5 rings (SSSR count). The number of nitrogens with zero attached hydrogens (tertiary/aromatic N) is 2. The predicted octanol–water partition coefficient (Wildman–Crippen LogP) is 3.78. The third-order valence-electron chi connectivity index (χ3n) is 6.21. The average Bonchev–Trinajstić information content (AvgIpc) is 3.42. The van der Waals surface area contributed by atoms with Crippen molar-refractivity contribution in [2.24, 2.45) is 5.10 Å². The topological polar surface area (TPSA) is 125 Å². The van der Waals surface area contributed by atoms with Crippen LogP contribution in [0.5, 0.6) is 0 Å². The molecular weight excluding hydrogens is 474 g/mol. The first-order chi connectivity index (χ1) is 17.7. The van der Waals surface area contributed by atoms with E-state index < -0.39 is 17.7 Å². The Morgan fingerprint density at radius 2 is 1.97 bits per heavy atom. The van der Waals surface area contributed by atoms with Gasteiger partial charge in [-0.1, -0.05) is 30.3 Å². The largest absolute Gasteiger partial charge is 0.444 e. The minimum atomic E-state index is -0.804. The summed E-state index contributed by atoms with van der Waals surface area (Å²) in [4.78, 5) is 43.6. The number of hydrogen-bond donors (Lipinski definition) is 3. The molecule has 0 unspecified atom stereocenters. The highest BCUT2D eigenvalue weighted by atomic mass is 16.6. The van der Waals surface area contributed by atoms with Crippen molar-refractivity contribution in [3.8, 4) is 0 Å². The number of rotatable bonds is 5. The van der Waals surface area contributed by atoms with E-state index in [1.807, 2.05) is 30.3 Å². The van der Waals surface area contributed by atoms with E-state index >= 15 is 0 Å². The van der Waals surface area contributed by atoms with Crippen LogP contribution < -0.4 is 10.7 Å². The quantitative estimate of drug-likeness (QED) is 0.489. The lowest BCUT2D eigenvalue weighted by molar-refractivity contribution is -0.120. The Balaban J connectivity index is 1.36. The van der Waals surface area contributed by atoms with Crippen molar-refractivity contribution in [3.63, 3.8) is 0 Å². The highest BCUT2D eigenvalue weighted by Gasteiger charge is 2.42. The molecule has 1 fully saturated rings. The van der Waals surface area contributed by atoms with Gasteiger partial charge in [-0.3, -0.25) is 14.5 Å². The maximum atomic E-state index is 13.5. The highest BCUT2D eigenvalue weighted by molar-refractivity contribution is 6.15. The summed E-state index contributed by atoms with van der Waals surface area (Å²) in [7, 11) is 0. The molecular formula is C27H29N5O5. The lowest BCUT2D eigenvalue weighted by atomic mass is 10.0. The second-order valence-corrected chi connectivity index (χ2v) is 10.2. The van der Waals surface area contributed by atoms with Gasteiger partial charge in [0.25, 0.3) is 5.91 Å². The monoisotopic (exact) mass is 503 g/mol. The van der Waals surface area contributed by atoms with Gasteiger partial charge in [-0.2, -0.15) is 5.10 Å². The minimum Gasteiger partial charge on any atom is -0.444 e. The van der Waals surface area contributed by atoms with Crippen molar-refractivity contribution < 1.29 is 23.9 Å². The zero-order valence-electron chi connectivity index (χ0n) is 20.9. The van der Waals surface area contributed by atoms with Crippen LogP contribution in [0.2, 0.25) is 0 Å². The van der Waals surface area contributed by atoms with Crippen molar-refractivity contribution in [1.82, 2.24) is 15.3 Å². The van der Waals surface area contributed by atoms with Gasteiger partial charge in [0.15, 0.2) is 0 Å². The van der Waals surface area contributed by atoms with Crippen LogP contribution in [-0.4, -0.2) is 58.3 Å². The summed E-state index contributed by atoms with van der Waals surface area (Å²) in [6, 6.07) is 12.3. The van der Waals surface area contributed by atoms with E-state index in [0.29, 0.717) is 29.8 Å². The fraction of sp³-hybridized carbons (Fsp3) is 0.333. The zero-order valence-corrected chi connectivity index (χ0v) is 20.9. The Morgan fingerprint density at radius 1 is 1.19 bits per heavy atom. The molecule has 3 aromatic rings. The molecule has 2 aliphatic rings. The summed E-state index contributed by atoms with van der Waals surface area (Å²) in [6.07, 6.45) is 2.71. The summed E-state index contributed by atoms with van der Waals surface area (Å²) in [6.45, 7) is 5.94. The molecule has 2 aliphatic heterocycles. The number of H-pyrrole nitrogens is 1. The van der Waals surface area contributed by atoms with Crippen LogP contribution in [0.1, 0.15) is 48.7 Å². The van der Waals surface area contributed by atoms with Gasteiger partial charge in [0, 0.05) is 34.8 Å². The Bertz CT molecular complexity index is 1380. The van der Waals surface area contributed by atoms with Gasteiger partial charge < -0.3 is 19.8 Å². The molecule has 3 amide bonds. The third-order valence-corrected chi connectivity index (χ3v) is 6.21. The number of ether oxygens (including phenoxy) is 2. The molecule has 10 heteroatoms. The Kier molecular flexibility index (Phi) is 6.43. The second kappa shape index (κ2) is 9.70. The molecule has 3 N–H and O–H groups in total. The molecule has 192 valence electrons. The number of likely N-dealkylation sites (tertiary alicyclic amines) is 1. The number of benzene rings is 2. The van der Waals surface area contributed by atoms with Gasteiger partial charge >= 0.3 is 6.09 Å². The molecule has 0 aliphatic carbocycles. The number of hydrogen-bond acceptors (Lipinski definition) is 6. The van der Waals surface area contributed by atoms with E-state index in [1.54, 1.807) is 45.3 Å². The first-order valence-electron chi connectivity index (χ1n) is 12.1. The zero-order chi connectivity index (χ0) is 26.2. The summed E-state index contributed by atoms with van der Waals surface area (Å²) in [5.74, 6) is -0.762. The number of hydrazone groups is 1. The van der Waals surface area contributed by atoms with Gasteiger partial charge in [0.1, 0.15) is 11.6 Å². The second-order valence-electron chi connectivity index (χ2n) is 10.2. The lowest BCUT2D eigenvalue weighted by Crippen LogP contribution is -2.45. The van der Waals surface area contributed by atoms with Gasteiger partial charge in [-0.05, 0) is 38.5 Å². The third kappa shape index (κ3) is 5.34. The number of nitrogens with one attached hydrogen (secondary N) is 3. The first kappa shape index (κ1) is 24.5. The van der Waals surface area contributed by atoms with Crippen LogP contribution in [0, 0.1) is 0 Å². The summed E-state index contributed by atoms with van der Waals surface area (Å²) >= 11 is 0. The van der Waals surface area contributed by atoms with Crippen LogP contribution in [0.4, 0.5) is 10.5 Å². The van der Waals surface area contributed by atoms with Crippen molar-refractivity contribution in [3.05, 3.63) is 65.4 Å². The molecule has 1 saturated heterocycles. The molecule has 37 heavy (non-hydrogen) atoms. The number of aromatic nitrogens is 1. The number of carbonyl (C=O) groups is 3. The predicted molar refractivity (Wildman–Crippen MR) is 138 cm³/mol. The van der Waals surface area contributed by atoms with Crippen LogP contribution in [-0.2, 0) is 20.9 Å². The Morgan fingerprint density at radius 3 is 2.73 bits per heavy atom. The number of amides is 3. The standard InChI is InChI=1S/C27H29N5O5/c1-27(2,3)37-26(35)32-14-19(36-15-16-7-5-4-6-8-16)11-22(32)25(34)30-18-9-20-23-17(12-28-21(23)10-18)13-29-31-24(20)33/h4-10,12-13,19,22,28H,11,14-15H2,1-3H3,(H,30,34)(H,31,33)/t19-,22+/m1/s1. The summed E-state index contributed by atoms with van der Waals surface area (Å²) in [5, 5.41) is 7.53. The van der Waals surface area contributed by atoms with Crippen LogP contribution in [0.15, 0.2) is 53.8 Å². The number of aromatic amines is 1. The van der Waals surface area contributed by atoms with Gasteiger partial charge in [0.05, 0.1) is 31.0 Å². The summed E-state index contributed by atoms with van der Waals surface area (Å²) in [5.41, 5.74) is 5.03. The van der Waals surface area contributed by atoms with E-state index in [0.717, 1.165) is 16.5 Å². The van der Waals surface area contributed by atoms with Gasteiger partial charge in [-0.25, -0.2) is 10.2 Å². The maximum Gasteiger partial charge on any atom is 0.411 e. The molecule has 10 nitrogen and oxygen atoms in total. The summed E-state index contributed by atoms with van der Waals surface area (Å²) < 4.78 is 11.6. The number of carbonyl (C=O) groups excluding carboxylic acids is 3. The Labute approximate surface area is 214 Å². The fourth-order valence-electron chi connectivity index (χ4n) is 4.57. The van der Waals surface area contributed by atoms with Gasteiger partial charge in [0.2, 0.25) is 5.91 Å². The van der Waals surface area contributed by atoms with Gasteiger partial charge in [-0.15, -0.1) is 0 Å². The van der Waals surface area contributed by atoms with Crippen LogP contribution in [0.3, 0.4) is 0 Å². The van der Waals surface area contributed by atoms with E-state index in [1.165, 1.54) is 4.90 Å². The molecule has 0 saturated carbocycles. The minimum absolute atomic E-state index is 0.226. The van der Waals surface area contributed by atoms with E-state index in [9.17, 15) is 14.4 Å². The average molecular weight is 504 g/mol. The molecule has 2 aromatic carbocycles. The van der Waals surface area contributed by atoms with E-state index in [2.05, 4.69) is 20.8 Å². The lowest BCUT2D eigenvalue weighted by Gasteiger charge is -2.28. The van der Waals surface area contributed by atoms with Crippen molar-refractivity contribution in [2.45, 2.75) is 51.5 Å². The normalized spacial score (nSPS) is 19.0. The smallest absolute Gasteiger partial charge is 0.411 e. The number of anilines is 1. The van der Waals surface area contributed by atoms with Crippen LogP contribution >= 0.6 is 0 Å². The van der Waals surface area contributed by atoms with E-state index in [4.69, 9.17) is 9.47 Å². The van der Waals surface area contributed by atoms with E-state index in [-0.39, 0.29) is 24.5 Å². The fourth-order valence-corrected chi connectivity index (χ4v) is 4.57. The highest BCUT2D eigenvalue weighted by Crippen LogP contribution is 2.29. The maximum absolute atomic E-state index is 13.5. The molecule has 0 radical (unpaired) electrons. The SMILES string of the molecule is CC(C)(C)OC(=O)N1C[C@H](OCc2ccccc2)C[C@H]1C(=O)Nc1cc2c3c(c[nH]c3c1)C=NNC2=O. The molecule has 0 spiro atoms. The van der Waals surface area contributed by atoms with Crippen molar-refractivity contribution in [2.75, 3.05) is 11.9 Å². The molecule has 2 atom stereocenters. The van der Waals surface area contributed by atoms with Crippen molar-refractivity contribution >= 4 is 40.7 Å².